The first-order chi connectivity index (χ1) is 17.7. The van der Waals surface area contributed by atoms with Gasteiger partial charge < -0.3 is 24.7 Å². The summed E-state index contributed by atoms with van der Waals surface area (Å²) in [5, 5.41) is 0. The fourth-order valence-corrected chi connectivity index (χ4v) is 5.72. The molecule has 2 N–H and O–H groups in total. The third kappa shape index (κ3) is 3.10. The van der Waals surface area contributed by atoms with Crippen molar-refractivity contribution in [2.45, 2.75) is 37.6 Å². The van der Waals surface area contributed by atoms with Crippen LogP contribution in [0.25, 0.3) is 22.4 Å². The minimum absolute atomic E-state index is 0.0180. The van der Waals surface area contributed by atoms with Crippen LogP contribution in [0.4, 0.5) is 8.78 Å². The zero-order valence-corrected chi connectivity index (χ0v) is 20.0. The van der Waals surface area contributed by atoms with Gasteiger partial charge in [-0.2, -0.15) is 8.78 Å². The summed E-state index contributed by atoms with van der Waals surface area (Å²) < 4.78 is 39.2. The Labute approximate surface area is 209 Å². The van der Waals surface area contributed by atoms with Crippen molar-refractivity contribution in [1.82, 2.24) is 24.4 Å². The Morgan fingerprint density at radius 2 is 2.05 bits per heavy atom. The lowest BCUT2D eigenvalue weighted by Crippen LogP contribution is -2.35. The van der Waals surface area contributed by atoms with Crippen molar-refractivity contribution in [3.05, 3.63) is 65.2 Å². The molecule has 4 aromatic rings. The molecular formula is C26H22F2N6O3. The van der Waals surface area contributed by atoms with Crippen LogP contribution in [0.5, 0.6) is 11.5 Å². The summed E-state index contributed by atoms with van der Waals surface area (Å²) in [6.07, 6.45) is 2.19. The van der Waals surface area contributed by atoms with Crippen molar-refractivity contribution in [2.75, 3.05) is 13.7 Å². The topological polar surface area (TPSA) is 108 Å². The molecule has 1 aromatic carbocycles. The highest BCUT2D eigenvalue weighted by Crippen LogP contribution is 2.50. The molecule has 0 spiro atoms. The predicted molar refractivity (Wildman–Crippen MR) is 128 cm³/mol. The number of carbonyl (C=O) groups excluding carboxylic acids is 1. The molecule has 7 rings (SSSR count). The molecule has 0 saturated carbocycles. The summed E-state index contributed by atoms with van der Waals surface area (Å²) in [5.74, 6) is 1.01. The van der Waals surface area contributed by atoms with Gasteiger partial charge in [-0.1, -0.05) is 6.07 Å². The molecule has 2 unspecified atom stereocenters. The molecule has 2 bridgehead atoms. The van der Waals surface area contributed by atoms with Gasteiger partial charge in [-0.05, 0) is 37.3 Å². The van der Waals surface area contributed by atoms with Gasteiger partial charge in [0.25, 0.3) is 5.91 Å². The minimum Gasteiger partial charge on any atom is -0.489 e. The molecule has 0 radical (unpaired) electrons. The van der Waals surface area contributed by atoms with Crippen molar-refractivity contribution in [2.24, 2.45) is 5.73 Å². The minimum atomic E-state index is -3.02. The van der Waals surface area contributed by atoms with Gasteiger partial charge >= 0.3 is 6.61 Å². The highest BCUT2D eigenvalue weighted by atomic mass is 19.3. The molecule has 3 aliphatic rings. The monoisotopic (exact) mass is 504 g/mol. The SMILES string of the molecule is CN1C(=O)c2cccc(OC(F)F)c2[C@H]2CC1c1nc3ccc(-c4cnc5c(c4)OCC5(C)N)nc3n12. The van der Waals surface area contributed by atoms with Gasteiger partial charge in [0, 0.05) is 36.4 Å². The third-order valence-corrected chi connectivity index (χ3v) is 7.47. The molecule has 0 saturated heterocycles. The summed E-state index contributed by atoms with van der Waals surface area (Å²) in [6.45, 7) is -0.801. The van der Waals surface area contributed by atoms with E-state index in [0.29, 0.717) is 58.3 Å². The number of alkyl halides is 2. The fourth-order valence-electron chi connectivity index (χ4n) is 5.72. The third-order valence-electron chi connectivity index (χ3n) is 7.47. The molecule has 37 heavy (non-hydrogen) atoms. The van der Waals surface area contributed by atoms with Crippen LogP contribution in [-0.2, 0) is 5.54 Å². The van der Waals surface area contributed by atoms with Crippen LogP contribution in [0.15, 0.2) is 42.6 Å². The number of imidazole rings is 1. The number of nitrogens with zero attached hydrogens (tertiary/aromatic N) is 5. The van der Waals surface area contributed by atoms with Crippen molar-refractivity contribution >= 4 is 17.1 Å². The van der Waals surface area contributed by atoms with E-state index in [1.807, 2.05) is 29.7 Å². The lowest BCUT2D eigenvalue weighted by molar-refractivity contribution is -0.0507. The van der Waals surface area contributed by atoms with Crippen LogP contribution < -0.4 is 15.2 Å². The largest absolute Gasteiger partial charge is 0.489 e. The number of ether oxygens (including phenoxy) is 2. The van der Waals surface area contributed by atoms with E-state index in [1.165, 1.54) is 6.07 Å². The van der Waals surface area contributed by atoms with Crippen LogP contribution in [0.3, 0.4) is 0 Å². The first-order valence-electron chi connectivity index (χ1n) is 11.9. The average Bonchev–Trinajstić information content (AvgIpc) is 3.50. The zero-order valence-electron chi connectivity index (χ0n) is 20.0. The quantitative estimate of drug-likeness (QED) is 0.452. The van der Waals surface area contributed by atoms with E-state index in [1.54, 1.807) is 30.3 Å². The van der Waals surface area contributed by atoms with Crippen molar-refractivity contribution < 1.29 is 23.0 Å². The highest BCUT2D eigenvalue weighted by molar-refractivity contribution is 5.97. The van der Waals surface area contributed by atoms with Crippen LogP contribution in [0, 0.1) is 0 Å². The zero-order chi connectivity index (χ0) is 25.6. The van der Waals surface area contributed by atoms with Crippen LogP contribution in [0.1, 0.15) is 52.9 Å². The van der Waals surface area contributed by atoms with Gasteiger partial charge in [-0.15, -0.1) is 0 Å². The molecule has 3 aliphatic heterocycles. The number of fused-ring (bicyclic) bond motifs is 10. The molecule has 11 heteroatoms. The Balaban J connectivity index is 1.41. The van der Waals surface area contributed by atoms with Crippen LogP contribution in [0.2, 0.25) is 0 Å². The number of hydrogen-bond acceptors (Lipinski definition) is 7. The Hall–Kier alpha value is -4.12. The number of carbonyl (C=O) groups is 1. The smallest absolute Gasteiger partial charge is 0.387 e. The standard InChI is InChI=1S/C26H22F2N6O3/c1-26(29)11-36-19-8-12(10-30-21(19)26)14-6-7-15-22(31-14)34-16-9-17(23(34)32-15)33(2)24(35)13-4-3-5-18(20(13)16)37-25(27)28/h3-8,10,16-17,25H,9,11,29H2,1-2H3/t16-,17?,26?/m1/s1. The van der Waals surface area contributed by atoms with E-state index in [2.05, 4.69) is 4.98 Å². The fraction of sp³-hybridized carbons (Fsp3) is 0.308. The number of halogens is 2. The normalized spacial score (nSPS) is 23.6. The van der Waals surface area contributed by atoms with Gasteiger partial charge in [0.15, 0.2) is 5.65 Å². The van der Waals surface area contributed by atoms with E-state index in [9.17, 15) is 13.6 Å². The van der Waals surface area contributed by atoms with E-state index in [0.717, 1.165) is 5.56 Å². The lowest BCUT2D eigenvalue weighted by Gasteiger charge is -2.24. The molecule has 9 nitrogen and oxygen atoms in total. The molecule has 0 fully saturated rings. The van der Waals surface area contributed by atoms with E-state index in [4.69, 9.17) is 25.2 Å². The van der Waals surface area contributed by atoms with E-state index < -0.39 is 18.2 Å². The van der Waals surface area contributed by atoms with Crippen molar-refractivity contribution in [3.63, 3.8) is 0 Å². The molecule has 6 heterocycles. The summed E-state index contributed by atoms with van der Waals surface area (Å²) in [7, 11) is 1.70. The summed E-state index contributed by atoms with van der Waals surface area (Å²) >= 11 is 0. The Kier molecular flexibility index (Phi) is 4.45. The van der Waals surface area contributed by atoms with E-state index >= 15 is 0 Å². The summed E-state index contributed by atoms with van der Waals surface area (Å²) in [6, 6.07) is 9.46. The molecular weight excluding hydrogens is 482 g/mol. The number of rotatable bonds is 3. The second-order valence-corrected chi connectivity index (χ2v) is 9.94. The number of hydrogen-bond donors (Lipinski definition) is 1. The maximum atomic E-state index is 13.3. The first kappa shape index (κ1) is 22.1. The second kappa shape index (κ2) is 7.45. The van der Waals surface area contributed by atoms with Gasteiger partial charge in [-0.3, -0.25) is 9.78 Å². The number of benzene rings is 1. The van der Waals surface area contributed by atoms with Gasteiger partial charge in [0.05, 0.1) is 23.3 Å². The molecule has 1 amide bonds. The molecule has 188 valence electrons. The van der Waals surface area contributed by atoms with Gasteiger partial charge in [-0.25, -0.2) is 9.97 Å². The summed E-state index contributed by atoms with van der Waals surface area (Å²) in [4.78, 5) is 29.1. The van der Waals surface area contributed by atoms with E-state index in [-0.39, 0.29) is 17.7 Å². The second-order valence-electron chi connectivity index (χ2n) is 9.94. The van der Waals surface area contributed by atoms with Gasteiger partial charge in [0.1, 0.15) is 35.1 Å². The first-order valence-corrected chi connectivity index (χ1v) is 11.9. The lowest BCUT2D eigenvalue weighted by atomic mass is 9.98. The van der Waals surface area contributed by atoms with Crippen molar-refractivity contribution in [3.8, 4) is 22.8 Å². The molecule has 0 aliphatic carbocycles. The Morgan fingerprint density at radius 3 is 2.86 bits per heavy atom. The van der Waals surface area contributed by atoms with Crippen LogP contribution >= 0.6 is 0 Å². The van der Waals surface area contributed by atoms with Gasteiger partial charge in [0.2, 0.25) is 0 Å². The number of nitrogens with two attached hydrogens (primary N) is 1. The highest BCUT2D eigenvalue weighted by Gasteiger charge is 2.45. The predicted octanol–water partition coefficient (Wildman–Crippen LogP) is 3.78. The molecule has 3 atom stereocenters. The van der Waals surface area contributed by atoms with Crippen molar-refractivity contribution in [1.29, 1.82) is 0 Å². The van der Waals surface area contributed by atoms with Crippen LogP contribution in [-0.4, -0.2) is 50.6 Å². The number of pyridine rings is 2. The number of aromatic nitrogens is 4. The maximum absolute atomic E-state index is 13.3. The molecule has 3 aromatic heterocycles. The average molecular weight is 504 g/mol. The number of amides is 1. The summed E-state index contributed by atoms with van der Waals surface area (Å²) in [5.41, 5.74) is 9.70. The Bertz CT molecular complexity index is 1620. The Morgan fingerprint density at radius 1 is 1.22 bits per heavy atom. The maximum Gasteiger partial charge on any atom is 0.387 e.